The molecule has 0 bridgehead atoms. The van der Waals surface area contributed by atoms with Crippen molar-refractivity contribution in [3.63, 3.8) is 0 Å². The second-order valence-corrected chi connectivity index (χ2v) is 3.74. The molecule has 0 fully saturated rings. The number of aromatic nitrogens is 1. The molecular formula is C9H12BrN3O. The van der Waals surface area contributed by atoms with Crippen LogP contribution in [0.4, 0.5) is 5.82 Å². The molecule has 0 radical (unpaired) electrons. The fourth-order valence-electron chi connectivity index (χ4n) is 0.812. The zero-order valence-corrected chi connectivity index (χ0v) is 9.95. The minimum atomic E-state index is 0.624. The Bertz CT molecular complexity index is 339. The first kappa shape index (κ1) is 11.0. The Balaban J connectivity index is 2.89. The van der Waals surface area contributed by atoms with E-state index in [1.165, 1.54) is 0 Å². The number of halogens is 1. The Morgan fingerprint density at radius 2 is 2.29 bits per heavy atom. The second-order valence-electron chi connectivity index (χ2n) is 2.89. The lowest BCUT2D eigenvalue weighted by Crippen LogP contribution is -2.07. The van der Waals surface area contributed by atoms with Crippen molar-refractivity contribution in [2.75, 3.05) is 21.2 Å². The van der Waals surface area contributed by atoms with Crippen molar-refractivity contribution in [3.05, 3.63) is 16.7 Å². The summed E-state index contributed by atoms with van der Waals surface area (Å²) in [5.41, 5.74) is 0. The minimum absolute atomic E-state index is 0.624. The van der Waals surface area contributed by atoms with Crippen molar-refractivity contribution in [2.45, 2.75) is 0 Å². The van der Waals surface area contributed by atoms with Gasteiger partial charge in [0.15, 0.2) is 5.82 Å². The topological polar surface area (TPSA) is 37.7 Å². The van der Waals surface area contributed by atoms with E-state index in [1.807, 2.05) is 19.0 Å². The molecule has 0 amide bonds. The van der Waals surface area contributed by atoms with Crippen LogP contribution in [-0.2, 0) is 0 Å². The van der Waals surface area contributed by atoms with Crippen LogP contribution >= 0.6 is 15.9 Å². The van der Waals surface area contributed by atoms with E-state index in [0.29, 0.717) is 5.82 Å². The highest BCUT2D eigenvalue weighted by molar-refractivity contribution is 9.10. The van der Waals surface area contributed by atoms with Crippen LogP contribution in [-0.4, -0.2) is 37.4 Å². The van der Waals surface area contributed by atoms with E-state index >= 15 is 0 Å². The monoisotopic (exact) mass is 257 g/mol. The molecule has 5 heteroatoms. The van der Waals surface area contributed by atoms with Crippen LogP contribution in [0.25, 0.3) is 0 Å². The van der Waals surface area contributed by atoms with Crippen LogP contribution in [0, 0.1) is 0 Å². The van der Waals surface area contributed by atoms with Gasteiger partial charge in [0.2, 0.25) is 0 Å². The van der Waals surface area contributed by atoms with Crippen LogP contribution in [0.2, 0.25) is 0 Å². The van der Waals surface area contributed by atoms with Gasteiger partial charge in [-0.15, -0.1) is 0 Å². The van der Waals surface area contributed by atoms with Gasteiger partial charge in [0.05, 0.1) is 17.9 Å². The van der Waals surface area contributed by atoms with Crippen molar-refractivity contribution < 1.29 is 4.74 Å². The van der Waals surface area contributed by atoms with Crippen molar-refractivity contribution in [1.82, 2.24) is 9.88 Å². The summed E-state index contributed by atoms with van der Waals surface area (Å²) in [5.74, 6) is 1.35. The molecule has 0 aliphatic heterocycles. The molecule has 0 unspecified atom stereocenters. The maximum Gasteiger partial charge on any atom is 0.157 e. The lowest BCUT2D eigenvalue weighted by Gasteiger charge is -2.04. The Hall–Kier alpha value is -1.10. The largest absolute Gasteiger partial charge is 0.495 e. The van der Waals surface area contributed by atoms with Gasteiger partial charge in [0.25, 0.3) is 0 Å². The SMILES string of the molecule is COc1cc(N=CN(C)C)ncc1Br. The molecule has 4 nitrogen and oxygen atoms in total. The molecule has 0 aliphatic carbocycles. The number of aliphatic imine (C=N–C) groups is 1. The molecule has 0 atom stereocenters. The molecule has 1 aromatic heterocycles. The fraction of sp³-hybridized carbons (Fsp3) is 0.333. The first-order chi connectivity index (χ1) is 6.63. The highest BCUT2D eigenvalue weighted by Gasteiger charge is 2.00. The van der Waals surface area contributed by atoms with Crippen molar-refractivity contribution in [1.29, 1.82) is 0 Å². The van der Waals surface area contributed by atoms with Crippen LogP contribution < -0.4 is 4.74 Å². The molecule has 1 aromatic rings. The first-order valence-corrected chi connectivity index (χ1v) is 4.83. The predicted molar refractivity (Wildman–Crippen MR) is 60.3 cm³/mol. The van der Waals surface area contributed by atoms with E-state index in [1.54, 1.807) is 25.7 Å². The highest BCUT2D eigenvalue weighted by Crippen LogP contribution is 2.26. The van der Waals surface area contributed by atoms with Crippen LogP contribution in [0.15, 0.2) is 21.7 Å². The normalized spacial score (nSPS) is 10.6. The molecule has 0 saturated carbocycles. The van der Waals surface area contributed by atoms with Gasteiger partial charge in [-0.3, -0.25) is 0 Å². The van der Waals surface area contributed by atoms with E-state index in [0.717, 1.165) is 10.2 Å². The molecule has 0 aliphatic rings. The summed E-state index contributed by atoms with van der Waals surface area (Å²) in [6, 6.07) is 1.77. The maximum absolute atomic E-state index is 5.12. The third-order valence-corrected chi connectivity index (χ3v) is 2.04. The molecule has 1 rings (SSSR count). The molecule has 14 heavy (non-hydrogen) atoms. The smallest absolute Gasteiger partial charge is 0.157 e. The average molecular weight is 258 g/mol. The van der Waals surface area contributed by atoms with E-state index in [9.17, 15) is 0 Å². The van der Waals surface area contributed by atoms with E-state index in [2.05, 4.69) is 25.9 Å². The zero-order chi connectivity index (χ0) is 10.6. The van der Waals surface area contributed by atoms with Crippen molar-refractivity contribution in [3.8, 4) is 5.75 Å². The molecule has 1 heterocycles. The summed E-state index contributed by atoms with van der Waals surface area (Å²) in [6.07, 6.45) is 3.36. The molecule has 76 valence electrons. The van der Waals surface area contributed by atoms with Gasteiger partial charge in [0, 0.05) is 26.4 Å². The number of methoxy groups -OCH3 is 1. The average Bonchev–Trinajstić information content (AvgIpc) is 2.16. The third kappa shape index (κ3) is 2.99. The Labute approximate surface area is 91.7 Å². The van der Waals surface area contributed by atoms with Gasteiger partial charge < -0.3 is 9.64 Å². The first-order valence-electron chi connectivity index (χ1n) is 4.03. The third-order valence-electron chi connectivity index (χ3n) is 1.45. The molecule has 0 spiro atoms. The van der Waals surface area contributed by atoms with Gasteiger partial charge in [0.1, 0.15) is 5.75 Å². The summed E-state index contributed by atoms with van der Waals surface area (Å²) < 4.78 is 5.94. The van der Waals surface area contributed by atoms with Gasteiger partial charge in [-0.25, -0.2) is 9.98 Å². The molecule has 0 saturated heterocycles. The number of nitrogens with zero attached hydrogens (tertiary/aromatic N) is 3. The molecular weight excluding hydrogens is 246 g/mol. The standard InChI is InChI=1S/C9H12BrN3O/c1-13(2)6-12-9-4-8(14-3)7(10)5-11-9/h4-6H,1-3H3. The fourth-order valence-corrected chi connectivity index (χ4v) is 1.19. The zero-order valence-electron chi connectivity index (χ0n) is 8.36. The number of hydrogen-bond acceptors (Lipinski definition) is 3. The van der Waals surface area contributed by atoms with E-state index < -0.39 is 0 Å². The Morgan fingerprint density at radius 1 is 1.57 bits per heavy atom. The van der Waals surface area contributed by atoms with Gasteiger partial charge in [-0.05, 0) is 15.9 Å². The second kappa shape index (κ2) is 4.95. The lowest BCUT2D eigenvalue weighted by molar-refractivity contribution is 0.411. The van der Waals surface area contributed by atoms with Crippen molar-refractivity contribution >= 4 is 28.1 Å². The Morgan fingerprint density at radius 3 is 2.86 bits per heavy atom. The quantitative estimate of drug-likeness (QED) is 0.615. The van der Waals surface area contributed by atoms with Crippen LogP contribution in [0.3, 0.4) is 0 Å². The summed E-state index contributed by atoms with van der Waals surface area (Å²) in [7, 11) is 5.42. The Kier molecular flexibility index (Phi) is 3.88. The van der Waals surface area contributed by atoms with Gasteiger partial charge >= 0.3 is 0 Å². The summed E-state index contributed by atoms with van der Waals surface area (Å²) in [4.78, 5) is 10.1. The van der Waals surface area contributed by atoms with Crippen LogP contribution in [0.1, 0.15) is 0 Å². The molecule has 0 N–H and O–H groups in total. The number of ether oxygens (including phenoxy) is 1. The maximum atomic E-state index is 5.12. The van der Waals surface area contributed by atoms with Gasteiger partial charge in [-0.1, -0.05) is 0 Å². The van der Waals surface area contributed by atoms with Crippen LogP contribution in [0.5, 0.6) is 5.75 Å². The number of rotatable bonds is 3. The number of hydrogen-bond donors (Lipinski definition) is 0. The lowest BCUT2D eigenvalue weighted by atomic mass is 10.4. The van der Waals surface area contributed by atoms with E-state index in [4.69, 9.17) is 4.74 Å². The van der Waals surface area contributed by atoms with E-state index in [-0.39, 0.29) is 0 Å². The minimum Gasteiger partial charge on any atom is -0.495 e. The summed E-state index contributed by atoms with van der Waals surface area (Å²) in [5, 5.41) is 0. The number of pyridine rings is 1. The molecule has 0 aromatic carbocycles. The van der Waals surface area contributed by atoms with Crippen molar-refractivity contribution in [2.24, 2.45) is 4.99 Å². The highest BCUT2D eigenvalue weighted by atomic mass is 79.9. The summed E-state index contributed by atoms with van der Waals surface area (Å²) in [6.45, 7) is 0. The predicted octanol–water partition coefficient (Wildman–Crippen LogP) is 2.07. The van der Waals surface area contributed by atoms with Gasteiger partial charge in [-0.2, -0.15) is 0 Å². The summed E-state index contributed by atoms with van der Waals surface area (Å²) >= 11 is 3.32.